The van der Waals surface area contributed by atoms with Crippen molar-refractivity contribution in [3.8, 4) is 0 Å². The lowest BCUT2D eigenvalue weighted by Gasteiger charge is -2.40. The van der Waals surface area contributed by atoms with E-state index in [1.54, 1.807) is 0 Å². The van der Waals surface area contributed by atoms with Crippen molar-refractivity contribution >= 4 is 32.8 Å². The third kappa shape index (κ3) is 4.57. The molecule has 3 rings (SSSR count). The standard InChI is InChI=1S/C21H27BrN2O2/c1-15-13-24(20(25)26-21(2,3)4)11-10-23(15)14-16-8-9-18-17(12-16)6-5-7-19(18)22/h5-9,12,15H,10-11,13-14H2,1-4H3. The summed E-state index contributed by atoms with van der Waals surface area (Å²) in [5, 5.41) is 2.48. The molecule has 0 bridgehead atoms. The number of rotatable bonds is 2. The van der Waals surface area contributed by atoms with Crippen LogP contribution in [0.5, 0.6) is 0 Å². The number of hydrogen-bond donors (Lipinski definition) is 0. The molecule has 0 aliphatic carbocycles. The molecule has 0 aromatic heterocycles. The van der Waals surface area contributed by atoms with E-state index in [2.05, 4.69) is 64.2 Å². The second-order valence-electron chi connectivity index (χ2n) is 8.04. The molecular weight excluding hydrogens is 392 g/mol. The highest BCUT2D eigenvalue weighted by molar-refractivity contribution is 9.10. The van der Waals surface area contributed by atoms with Gasteiger partial charge in [-0.3, -0.25) is 4.90 Å². The van der Waals surface area contributed by atoms with Crippen molar-refractivity contribution < 1.29 is 9.53 Å². The van der Waals surface area contributed by atoms with Crippen LogP contribution in [-0.4, -0.2) is 47.2 Å². The number of ether oxygens (including phenoxy) is 1. The van der Waals surface area contributed by atoms with Crippen LogP contribution in [0.4, 0.5) is 4.79 Å². The summed E-state index contributed by atoms with van der Waals surface area (Å²) in [4.78, 5) is 16.5. The SMILES string of the molecule is CC1CN(C(=O)OC(C)(C)C)CCN1Cc1ccc2c(Br)cccc2c1. The summed E-state index contributed by atoms with van der Waals surface area (Å²) in [5.41, 5.74) is 0.852. The molecule has 2 aromatic carbocycles. The Bertz CT molecular complexity index is 800. The largest absolute Gasteiger partial charge is 0.444 e. The maximum atomic E-state index is 12.3. The van der Waals surface area contributed by atoms with E-state index >= 15 is 0 Å². The molecule has 1 heterocycles. The fourth-order valence-corrected chi connectivity index (χ4v) is 3.86. The van der Waals surface area contributed by atoms with Gasteiger partial charge < -0.3 is 9.64 Å². The monoisotopic (exact) mass is 418 g/mol. The van der Waals surface area contributed by atoms with Crippen molar-refractivity contribution in [1.29, 1.82) is 0 Å². The van der Waals surface area contributed by atoms with Gasteiger partial charge in [-0.1, -0.05) is 40.2 Å². The van der Waals surface area contributed by atoms with Crippen molar-refractivity contribution in [2.45, 2.75) is 45.9 Å². The molecule has 0 radical (unpaired) electrons. The second-order valence-corrected chi connectivity index (χ2v) is 8.90. The molecule has 1 saturated heterocycles. The molecule has 5 heteroatoms. The van der Waals surface area contributed by atoms with Gasteiger partial charge in [0, 0.05) is 36.7 Å². The summed E-state index contributed by atoms with van der Waals surface area (Å²) in [5.74, 6) is 0. The Morgan fingerprint density at radius 1 is 1.23 bits per heavy atom. The van der Waals surface area contributed by atoms with Crippen LogP contribution in [0.3, 0.4) is 0 Å². The van der Waals surface area contributed by atoms with Gasteiger partial charge in [0.1, 0.15) is 5.60 Å². The van der Waals surface area contributed by atoms with Crippen LogP contribution in [0.15, 0.2) is 40.9 Å². The van der Waals surface area contributed by atoms with E-state index < -0.39 is 5.60 Å². The number of nitrogens with zero attached hydrogens (tertiary/aromatic N) is 2. The average Bonchev–Trinajstić information content (AvgIpc) is 2.55. The molecular formula is C21H27BrN2O2. The third-order valence-electron chi connectivity index (χ3n) is 4.69. The predicted molar refractivity (Wildman–Crippen MR) is 109 cm³/mol. The Labute approximate surface area is 164 Å². The van der Waals surface area contributed by atoms with Gasteiger partial charge in [-0.2, -0.15) is 0 Å². The molecule has 2 aromatic rings. The third-order valence-corrected chi connectivity index (χ3v) is 5.39. The first-order valence-electron chi connectivity index (χ1n) is 9.12. The van der Waals surface area contributed by atoms with Gasteiger partial charge in [-0.25, -0.2) is 4.79 Å². The number of halogens is 1. The number of carbonyl (C=O) groups excluding carboxylic acids is 1. The van der Waals surface area contributed by atoms with Crippen molar-refractivity contribution in [2.75, 3.05) is 19.6 Å². The van der Waals surface area contributed by atoms with Crippen LogP contribution < -0.4 is 0 Å². The van der Waals surface area contributed by atoms with E-state index in [0.717, 1.165) is 17.6 Å². The zero-order valence-corrected chi connectivity index (χ0v) is 17.5. The summed E-state index contributed by atoms with van der Waals surface area (Å²) in [6, 6.07) is 13.2. The molecule has 140 valence electrons. The zero-order chi connectivity index (χ0) is 18.9. The Morgan fingerprint density at radius 2 is 2.00 bits per heavy atom. The minimum atomic E-state index is -0.448. The lowest BCUT2D eigenvalue weighted by Crippen LogP contribution is -2.54. The number of amides is 1. The molecule has 1 fully saturated rings. The first kappa shape index (κ1) is 19.2. The van der Waals surface area contributed by atoms with Gasteiger partial charge in [-0.05, 0) is 56.2 Å². The molecule has 1 aliphatic heterocycles. The summed E-state index contributed by atoms with van der Waals surface area (Å²) in [6.45, 7) is 11.1. The number of benzene rings is 2. The molecule has 1 amide bonds. The smallest absolute Gasteiger partial charge is 0.410 e. The quantitative estimate of drug-likeness (QED) is 0.684. The van der Waals surface area contributed by atoms with Gasteiger partial charge in [0.15, 0.2) is 0 Å². The lowest BCUT2D eigenvalue weighted by atomic mass is 10.1. The van der Waals surface area contributed by atoms with Crippen molar-refractivity contribution in [1.82, 2.24) is 9.80 Å². The lowest BCUT2D eigenvalue weighted by molar-refractivity contribution is 0.00462. The van der Waals surface area contributed by atoms with Crippen LogP contribution >= 0.6 is 15.9 Å². The summed E-state index contributed by atoms with van der Waals surface area (Å²) >= 11 is 3.61. The fraction of sp³-hybridized carbons (Fsp3) is 0.476. The average molecular weight is 419 g/mol. The van der Waals surface area contributed by atoms with E-state index in [4.69, 9.17) is 4.74 Å². The Hall–Kier alpha value is -1.59. The van der Waals surface area contributed by atoms with Crippen LogP contribution in [0.25, 0.3) is 10.8 Å². The summed E-state index contributed by atoms with van der Waals surface area (Å²) in [7, 11) is 0. The molecule has 26 heavy (non-hydrogen) atoms. The fourth-order valence-electron chi connectivity index (χ4n) is 3.35. The molecule has 0 spiro atoms. The van der Waals surface area contributed by atoms with Crippen LogP contribution in [0, 0.1) is 0 Å². The predicted octanol–water partition coefficient (Wildman–Crippen LogP) is 5.04. The van der Waals surface area contributed by atoms with E-state index in [1.807, 2.05) is 25.7 Å². The van der Waals surface area contributed by atoms with Gasteiger partial charge >= 0.3 is 6.09 Å². The highest BCUT2D eigenvalue weighted by atomic mass is 79.9. The van der Waals surface area contributed by atoms with E-state index in [-0.39, 0.29) is 6.09 Å². The summed E-state index contributed by atoms with van der Waals surface area (Å²) < 4.78 is 6.63. The van der Waals surface area contributed by atoms with Crippen LogP contribution in [-0.2, 0) is 11.3 Å². The highest BCUT2D eigenvalue weighted by Gasteiger charge is 2.29. The van der Waals surface area contributed by atoms with Crippen molar-refractivity contribution in [3.63, 3.8) is 0 Å². The molecule has 0 N–H and O–H groups in total. The number of carbonyl (C=O) groups is 1. The van der Waals surface area contributed by atoms with E-state index in [9.17, 15) is 4.79 Å². The van der Waals surface area contributed by atoms with Crippen LogP contribution in [0.2, 0.25) is 0 Å². The Morgan fingerprint density at radius 3 is 2.69 bits per heavy atom. The van der Waals surface area contributed by atoms with Gasteiger partial charge in [0.25, 0.3) is 0 Å². The van der Waals surface area contributed by atoms with Gasteiger partial charge in [0.2, 0.25) is 0 Å². The highest BCUT2D eigenvalue weighted by Crippen LogP contribution is 2.25. The van der Waals surface area contributed by atoms with Gasteiger partial charge in [0.05, 0.1) is 0 Å². The summed E-state index contributed by atoms with van der Waals surface area (Å²) in [6.07, 6.45) is -0.209. The normalized spacial score (nSPS) is 19.0. The minimum absolute atomic E-state index is 0.209. The van der Waals surface area contributed by atoms with Crippen molar-refractivity contribution in [3.05, 3.63) is 46.4 Å². The Balaban J connectivity index is 1.64. The number of fused-ring (bicyclic) bond motifs is 1. The number of piperazine rings is 1. The van der Waals surface area contributed by atoms with Gasteiger partial charge in [-0.15, -0.1) is 0 Å². The topological polar surface area (TPSA) is 32.8 Å². The molecule has 4 nitrogen and oxygen atoms in total. The second kappa shape index (κ2) is 7.57. The molecule has 0 saturated carbocycles. The zero-order valence-electron chi connectivity index (χ0n) is 16.0. The first-order valence-corrected chi connectivity index (χ1v) is 9.91. The maximum Gasteiger partial charge on any atom is 0.410 e. The molecule has 1 atom stereocenters. The van der Waals surface area contributed by atoms with E-state index in [1.165, 1.54) is 16.3 Å². The minimum Gasteiger partial charge on any atom is -0.444 e. The Kier molecular flexibility index (Phi) is 5.58. The van der Waals surface area contributed by atoms with Crippen LogP contribution in [0.1, 0.15) is 33.3 Å². The first-order chi connectivity index (χ1) is 12.2. The molecule has 1 unspecified atom stereocenters. The van der Waals surface area contributed by atoms with E-state index in [0.29, 0.717) is 19.1 Å². The molecule has 1 aliphatic rings. The van der Waals surface area contributed by atoms with Crippen molar-refractivity contribution in [2.24, 2.45) is 0 Å². The number of hydrogen-bond acceptors (Lipinski definition) is 3. The maximum absolute atomic E-state index is 12.3.